The molecule has 23 heavy (non-hydrogen) atoms. The first-order chi connectivity index (χ1) is 11.1. The fourth-order valence-electron chi connectivity index (χ4n) is 2.82. The fraction of sp³-hybridized carbons (Fsp3) is 0.412. The number of hydrogen-bond acceptors (Lipinski definition) is 4. The molecular weight excluding hydrogens is 362 g/mol. The lowest BCUT2D eigenvalue weighted by Gasteiger charge is -2.26. The lowest BCUT2D eigenvalue weighted by atomic mass is 10.1. The van der Waals surface area contributed by atoms with Crippen molar-refractivity contribution >= 4 is 38.8 Å². The molecule has 1 aromatic heterocycles. The molecule has 1 aliphatic heterocycles. The zero-order valence-electron chi connectivity index (χ0n) is 12.9. The van der Waals surface area contributed by atoms with E-state index in [1.807, 2.05) is 12.1 Å². The van der Waals surface area contributed by atoms with Crippen molar-refractivity contribution in [2.24, 2.45) is 0 Å². The van der Waals surface area contributed by atoms with Crippen LogP contribution in [-0.2, 0) is 9.53 Å². The van der Waals surface area contributed by atoms with Crippen molar-refractivity contribution in [2.75, 3.05) is 19.7 Å². The van der Waals surface area contributed by atoms with Crippen molar-refractivity contribution in [1.29, 1.82) is 0 Å². The van der Waals surface area contributed by atoms with Crippen molar-refractivity contribution in [2.45, 2.75) is 26.2 Å². The normalized spacial score (nSPS) is 15.0. The Hall–Kier alpha value is -1.82. The third-order valence-electron chi connectivity index (χ3n) is 4.12. The van der Waals surface area contributed by atoms with Gasteiger partial charge in [0.25, 0.3) is 5.91 Å². The van der Waals surface area contributed by atoms with Gasteiger partial charge in [0, 0.05) is 28.5 Å². The summed E-state index contributed by atoms with van der Waals surface area (Å²) in [4.78, 5) is 26.0. The minimum absolute atomic E-state index is 0.144. The van der Waals surface area contributed by atoms with Crippen LogP contribution in [-0.4, -0.2) is 36.5 Å². The summed E-state index contributed by atoms with van der Waals surface area (Å²) in [5.41, 5.74) is 1.34. The molecule has 0 atom stereocenters. The number of amides is 1. The van der Waals surface area contributed by atoms with Crippen LogP contribution in [0.1, 0.15) is 35.4 Å². The van der Waals surface area contributed by atoms with Crippen molar-refractivity contribution in [3.63, 3.8) is 0 Å². The van der Waals surface area contributed by atoms with Gasteiger partial charge in [0.2, 0.25) is 5.76 Å². The molecule has 0 aliphatic carbocycles. The van der Waals surface area contributed by atoms with Crippen molar-refractivity contribution in [3.8, 4) is 0 Å². The summed E-state index contributed by atoms with van der Waals surface area (Å²) >= 11 is 3.40. The number of nitrogens with zero attached hydrogens (tertiary/aromatic N) is 1. The number of carbonyl (C=O) groups is 2. The van der Waals surface area contributed by atoms with Gasteiger partial charge in [0.15, 0.2) is 6.61 Å². The number of carbonyl (C=O) groups excluding carboxylic acids is 2. The highest BCUT2D eigenvalue weighted by molar-refractivity contribution is 9.10. The quantitative estimate of drug-likeness (QED) is 0.763. The number of ether oxygens (including phenoxy) is 1. The number of fused-ring (bicyclic) bond motifs is 1. The van der Waals surface area contributed by atoms with E-state index in [0.717, 1.165) is 47.8 Å². The van der Waals surface area contributed by atoms with Gasteiger partial charge in [-0.05, 0) is 44.4 Å². The topological polar surface area (TPSA) is 59.8 Å². The van der Waals surface area contributed by atoms with Crippen molar-refractivity contribution < 1.29 is 18.7 Å². The molecule has 0 saturated carbocycles. The lowest BCUT2D eigenvalue weighted by molar-refractivity contribution is -0.135. The molecule has 1 amide bonds. The van der Waals surface area contributed by atoms with Gasteiger partial charge in [0.05, 0.1) is 0 Å². The van der Waals surface area contributed by atoms with Crippen molar-refractivity contribution in [1.82, 2.24) is 4.90 Å². The van der Waals surface area contributed by atoms with Crippen LogP contribution in [0.3, 0.4) is 0 Å². The molecule has 0 spiro atoms. The molecule has 1 saturated heterocycles. The Bertz CT molecular complexity index is 746. The zero-order valence-corrected chi connectivity index (χ0v) is 14.5. The van der Waals surface area contributed by atoms with Crippen LogP contribution in [0, 0.1) is 6.92 Å². The maximum atomic E-state index is 12.2. The highest BCUT2D eigenvalue weighted by atomic mass is 79.9. The molecule has 0 N–H and O–H groups in total. The maximum Gasteiger partial charge on any atom is 0.375 e. The standard InChI is InChI=1S/C17H18BrNO4/c1-11-13-9-12(18)5-6-14(13)23-16(11)17(21)22-10-15(20)19-7-3-2-4-8-19/h5-6,9H,2-4,7-8,10H2,1H3. The van der Waals surface area contributed by atoms with E-state index in [1.54, 1.807) is 17.9 Å². The predicted octanol–water partition coefficient (Wildman–Crippen LogP) is 3.67. The molecule has 122 valence electrons. The van der Waals surface area contributed by atoms with Crippen molar-refractivity contribution in [3.05, 3.63) is 34.0 Å². The number of rotatable bonds is 3. The summed E-state index contributed by atoms with van der Waals surface area (Å²) in [5, 5.41) is 0.855. The van der Waals surface area contributed by atoms with Gasteiger partial charge >= 0.3 is 5.97 Å². The first kappa shape index (κ1) is 16.1. The highest BCUT2D eigenvalue weighted by Crippen LogP contribution is 2.28. The summed E-state index contributed by atoms with van der Waals surface area (Å²) in [7, 11) is 0. The van der Waals surface area contributed by atoms with Crippen LogP contribution in [0.15, 0.2) is 27.1 Å². The smallest absolute Gasteiger partial charge is 0.375 e. The lowest BCUT2D eigenvalue weighted by Crippen LogP contribution is -2.38. The number of halogens is 1. The number of piperidine rings is 1. The van der Waals surface area contributed by atoms with E-state index in [9.17, 15) is 9.59 Å². The minimum atomic E-state index is -0.597. The van der Waals surface area contributed by atoms with E-state index in [4.69, 9.17) is 9.15 Å². The fourth-order valence-corrected chi connectivity index (χ4v) is 3.18. The minimum Gasteiger partial charge on any atom is -0.450 e. The van der Waals surface area contributed by atoms with E-state index in [-0.39, 0.29) is 18.3 Å². The molecule has 5 nitrogen and oxygen atoms in total. The SMILES string of the molecule is Cc1c(C(=O)OCC(=O)N2CCCCC2)oc2ccc(Br)cc12. The first-order valence-corrected chi connectivity index (χ1v) is 8.49. The highest BCUT2D eigenvalue weighted by Gasteiger charge is 2.22. The third-order valence-corrected chi connectivity index (χ3v) is 4.61. The van der Waals surface area contributed by atoms with Crippen LogP contribution in [0.5, 0.6) is 0 Å². The average molecular weight is 380 g/mol. The molecule has 3 rings (SSSR count). The third kappa shape index (κ3) is 3.42. The summed E-state index contributed by atoms with van der Waals surface area (Å²) in [5.74, 6) is -0.584. The Labute approximate surface area is 142 Å². The van der Waals surface area contributed by atoms with Gasteiger partial charge in [-0.1, -0.05) is 15.9 Å². The molecule has 0 radical (unpaired) electrons. The summed E-state index contributed by atoms with van der Waals surface area (Å²) in [6, 6.07) is 5.53. The molecule has 0 bridgehead atoms. The Kier molecular flexibility index (Phi) is 4.71. The van der Waals surface area contributed by atoms with Gasteiger partial charge in [-0.2, -0.15) is 0 Å². The molecular formula is C17H18BrNO4. The van der Waals surface area contributed by atoms with Crippen LogP contribution in [0.4, 0.5) is 0 Å². The second-order valence-corrected chi connectivity index (χ2v) is 6.63. The van der Waals surface area contributed by atoms with E-state index < -0.39 is 5.97 Å². The number of esters is 1. The van der Waals surface area contributed by atoms with E-state index in [2.05, 4.69) is 15.9 Å². The van der Waals surface area contributed by atoms with Gasteiger partial charge < -0.3 is 14.1 Å². The molecule has 1 aliphatic rings. The molecule has 6 heteroatoms. The second kappa shape index (κ2) is 6.74. The zero-order chi connectivity index (χ0) is 16.4. The van der Waals surface area contributed by atoms with E-state index in [1.165, 1.54) is 0 Å². The molecule has 1 aromatic carbocycles. The van der Waals surface area contributed by atoms with E-state index in [0.29, 0.717) is 5.58 Å². The first-order valence-electron chi connectivity index (χ1n) is 7.70. The Balaban J connectivity index is 1.68. The van der Waals surface area contributed by atoms with Gasteiger partial charge in [0.1, 0.15) is 5.58 Å². The van der Waals surface area contributed by atoms with E-state index >= 15 is 0 Å². The van der Waals surface area contributed by atoms with Crippen LogP contribution in [0.2, 0.25) is 0 Å². The Morgan fingerprint density at radius 2 is 2.00 bits per heavy atom. The van der Waals surface area contributed by atoms with Crippen LogP contribution in [0.25, 0.3) is 11.0 Å². The number of likely N-dealkylation sites (tertiary alicyclic amines) is 1. The maximum absolute atomic E-state index is 12.2. The number of furan rings is 1. The second-order valence-electron chi connectivity index (χ2n) is 5.71. The van der Waals surface area contributed by atoms with Gasteiger partial charge in [-0.25, -0.2) is 4.79 Å². The van der Waals surface area contributed by atoms with Crippen LogP contribution >= 0.6 is 15.9 Å². The monoisotopic (exact) mass is 379 g/mol. The Morgan fingerprint density at radius 3 is 2.74 bits per heavy atom. The van der Waals surface area contributed by atoms with Crippen LogP contribution < -0.4 is 0 Å². The number of hydrogen-bond donors (Lipinski definition) is 0. The summed E-state index contributed by atoms with van der Waals surface area (Å²) in [6.45, 7) is 3.06. The largest absolute Gasteiger partial charge is 0.450 e. The van der Waals surface area contributed by atoms with Gasteiger partial charge in [-0.15, -0.1) is 0 Å². The average Bonchev–Trinajstić information content (AvgIpc) is 2.90. The van der Waals surface area contributed by atoms with Gasteiger partial charge in [-0.3, -0.25) is 4.79 Å². The number of benzene rings is 1. The Morgan fingerprint density at radius 1 is 1.26 bits per heavy atom. The molecule has 0 unspecified atom stereocenters. The predicted molar refractivity (Wildman–Crippen MR) is 89.4 cm³/mol. The number of aryl methyl sites for hydroxylation is 1. The summed E-state index contributed by atoms with van der Waals surface area (Å²) < 4.78 is 11.6. The summed E-state index contributed by atoms with van der Waals surface area (Å²) in [6.07, 6.45) is 3.17. The molecule has 2 aromatic rings. The molecule has 2 heterocycles. The molecule has 1 fully saturated rings.